The molecular formula is C12H19N5O2. The molecule has 2 heterocycles. The van der Waals surface area contributed by atoms with Crippen molar-refractivity contribution in [1.82, 2.24) is 14.9 Å². The number of aromatic nitrogens is 2. The third kappa shape index (κ3) is 3.11. The first-order valence-corrected chi connectivity index (χ1v) is 6.35. The molecule has 0 aliphatic carbocycles. The van der Waals surface area contributed by atoms with Gasteiger partial charge in [-0.15, -0.1) is 0 Å². The third-order valence-electron chi connectivity index (χ3n) is 3.09. The molecule has 1 aromatic heterocycles. The number of anilines is 2. The normalized spacial score (nSPS) is 16.4. The number of carbonyl (C=O) groups excluding carboxylic acids is 1. The van der Waals surface area contributed by atoms with Crippen LogP contribution in [0.2, 0.25) is 0 Å². The zero-order valence-electron chi connectivity index (χ0n) is 11.3. The second kappa shape index (κ2) is 5.83. The maximum atomic E-state index is 11.6. The van der Waals surface area contributed by atoms with Gasteiger partial charge in [-0.25, -0.2) is 9.78 Å². The number of piperazine rings is 1. The Morgan fingerprint density at radius 2 is 2.11 bits per heavy atom. The summed E-state index contributed by atoms with van der Waals surface area (Å²) < 4.78 is 4.89. The highest BCUT2D eigenvalue weighted by Gasteiger charge is 2.19. The Kier molecular flexibility index (Phi) is 4.16. The van der Waals surface area contributed by atoms with E-state index in [1.165, 1.54) is 6.20 Å². The van der Waals surface area contributed by atoms with Crippen LogP contribution in [0.5, 0.6) is 0 Å². The molecule has 0 bridgehead atoms. The van der Waals surface area contributed by atoms with E-state index in [1.54, 1.807) is 6.92 Å². The lowest BCUT2D eigenvalue weighted by molar-refractivity contribution is 0.0527. The predicted molar refractivity (Wildman–Crippen MR) is 72.1 cm³/mol. The highest BCUT2D eigenvalue weighted by atomic mass is 16.5. The topological polar surface area (TPSA) is 84.6 Å². The molecule has 2 rings (SSSR count). The number of hydrogen-bond acceptors (Lipinski definition) is 7. The molecule has 0 amide bonds. The van der Waals surface area contributed by atoms with Crippen LogP contribution in [0.3, 0.4) is 0 Å². The van der Waals surface area contributed by atoms with Gasteiger partial charge in [-0.05, 0) is 14.0 Å². The number of nitrogen functional groups attached to an aromatic ring is 1. The number of esters is 1. The number of nitrogens with zero attached hydrogens (tertiary/aromatic N) is 4. The summed E-state index contributed by atoms with van der Waals surface area (Å²) >= 11 is 0. The van der Waals surface area contributed by atoms with E-state index in [0.717, 1.165) is 26.2 Å². The van der Waals surface area contributed by atoms with Gasteiger partial charge in [-0.1, -0.05) is 0 Å². The fourth-order valence-electron chi connectivity index (χ4n) is 1.91. The monoisotopic (exact) mass is 265 g/mol. The maximum Gasteiger partial charge on any atom is 0.343 e. The van der Waals surface area contributed by atoms with Crippen LogP contribution in [0.4, 0.5) is 11.8 Å². The molecule has 1 aromatic rings. The molecule has 7 nitrogen and oxygen atoms in total. The summed E-state index contributed by atoms with van der Waals surface area (Å²) in [6, 6.07) is 0. The Bertz CT molecular complexity index is 457. The zero-order valence-corrected chi connectivity index (χ0v) is 11.3. The first-order chi connectivity index (χ1) is 9.11. The van der Waals surface area contributed by atoms with Crippen molar-refractivity contribution >= 4 is 17.7 Å². The zero-order chi connectivity index (χ0) is 13.8. The molecular weight excluding hydrogens is 246 g/mol. The number of rotatable bonds is 3. The average Bonchev–Trinajstić information content (AvgIpc) is 2.39. The molecule has 19 heavy (non-hydrogen) atoms. The SMILES string of the molecule is CCOC(=O)c1cnc(N2CCN(C)CC2)nc1N. The van der Waals surface area contributed by atoms with Gasteiger partial charge in [0.15, 0.2) is 0 Å². The molecule has 0 aromatic carbocycles. The Morgan fingerprint density at radius 3 is 2.68 bits per heavy atom. The molecule has 2 N–H and O–H groups in total. The minimum Gasteiger partial charge on any atom is -0.462 e. The molecule has 0 radical (unpaired) electrons. The van der Waals surface area contributed by atoms with Gasteiger partial charge in [0.1, 0.15) is 11.4 Å². The van der Waals surface area contributed by atoms with Gasteiger partial charge >= 0.3 is 5.97 Å². The Morgan fingerprint density at radius 1 is 1.42 bits per heavy atom. The Hall–Kier alpha value is -1.89. The van der Waals surface area contributed by atoms with Crippen molar-refractivity contribution in [3.63, 3.8) is 0 Å². The van der Waals surface area contributed by atoms with E-state index < -0.39 is 5.97 Å². The lowest BCUT2D eigenvalue weighted by Crippen LogP contribution is -2.45. The Labute approximate surface area is 112 Å². The maximum absolute atomic E-state index is 11.6. The van der Waals surface area contributed by atoms with Crippen molar-refractivity contribution in [3.8, 4) is 0 Å². The second-order valence-corrected chi connectivity index (χ2v) is 4.48. The number of hydrogen-bond donors (Lipinski definition) is 1. The van der Waals surface area contributed by atoms with Gasteiger partial charge < -0.3 is 20.3 Å². The summed E-state index contributed by atoms with van der Waals surface area (Å²) in [4.78, 5) is 24.3. The fourth-order valence-corrected chi connectivity index (χ4v) is 1.91. The molecule has 7 heteroatoms. The average molecular weight is 265 g/mol. The van der Waals surface area contributed by atoms with Gasteiger partial charge in [0.05, 0.1) is 6.61 Å². The van der Waals surface area contributed by atoms with Gasteiger partial charge in [0, 0.05) is 32.4 Å². The van der Waals surface area contributed by atoms with E-state index in [2.05, 4.69) is 26.8 Å². The van der Waals surface area contributed by atoms with E-state index in [1.807, 2.05) is 0 Å². The second-order valence-electron chi connectivity index (χ2n) is 4.48. The molecule has 1 saturated heterocycles. The van der Waals surface area contributed by atoms with Crippen molar-refractivity contribution in [2.24, 2.45) is 0 Å². The van der Waals surface area contributed by atoms with Gasteiger partial charge in [-0.2, -0.15) is 4.98 Å². The van der Waals surface area contributed by atoms with E-state index in [9.17, 15) is 4.79 Å². The number of nitrogens with two attached hydrogens (primary N) is 1. The van der Waals surface area contributed by atoms with Crippen LogP contribution in [0, 0.1) is 0 Å². The van der Waals surface area contributed by atoms with E-state index in [4.69, 9.17) is 10.5 Å². The summed E-state index contributed by atoms with van der Waals surface area (Å²) in [5.41, 5.74) is 6.02. The third-order valence-corrected chi connectivity index (χ3v) is 3.09. The van der Waals surface area contributed by atoms with Crippen LogP contribution < -0.4 is 10.6 Å². The fraction of sp³-hybridized carbons (Fsp3) is 0.583. The minimum atomic E-state index is -0.482. The van der Waals surface area contributed by atoms with Crippen LogP contribution in [-0.2, 0) is 4.74 Å². The molecule has 0 unspecified atom stereocenters. The van der Waals surface area contributed by atoms with Gasteiger partial charge in [-0.3, -0.25) is 0 Å². The van der Waals surface area contributed by atoms with Crippen LogP contribution in [0.1, 0.15) is 17.3 Å². The van der Waals surface area contributed by atoms with E-state index >= 15 is 0 Å². The first kappa shape index (κ1) is 13.5. The minimum absolute atomic E-state index is 0.169. The summed E-state index contributed by atoms with van der Waals surface area (Å²) in [6.45, 7) is 5.68. The van der Waals surface area contributed by atoms with Crippen molar-refractivity contribution in [2.45, 2.75) is 6.92 Å². The number of carbonyl (C=O) groups is 1. The smallest absolute Gasteiger partial charge is 0.343 e. The molecule has 0 spiro atoms. The van der Waals surface area contributed by atoms with Crippen LogP contribution in [0.25, 0.3) is 0 Å². The standard InChI is InChI=1S/C12H19N5O2/c1-3-19-11(18)9-8-14-12(15-10(9)13)17-6-4-16(2)5-7-17/h8H,3-7H2,1-2H3,(H2,13,14,15). The van der Waals surface area contributed by atoms with Crippen molar-refractivity contribution in [2.75, 3.05) is 50.5 Å². The Balaban J connectivity index is 2.12. The number of likely N-dealkylation sites (N-methyl/N-ethyl adjacent to an activating group) is 1. The van der Waals surface area contributed by atoms with Crippen molar-refractivity contribution < 1.29 is 9.53 Å². The molecule has 1 fully saturated rings. The summed E-state index contributed by atoms with van der Waals surface area (Å²) in [5.74, 6) is 0.256. The molecule has 1 aliphatic heterocycles. The number of ether oxygens (including phenoxy) is 1. The van der Waals surface area contributed by atoms with Crippen molar-refractivity contribution in [3.05, 3.63) is 11.8 Å². The van der Waals surface area contributed by atoms with Gasteiger partial charge in [0.25, 0.3) is 0 Å². The van der Waals surface area contributed by atoms with E-state index in [0.29, 0.717) is 12.6 Å². The molecule has 1 aliphatic rings. The first-order valence-electron chi connectivity index (χ1n) is 6.35. The molecule has 0 saturated carbocycles. The lowest BCUT2D eigenvalue weighted by Gasteiger charge is -2.32. The summed E-state index contributed by atoms with van der Waals surface area (Å²) in [6.07, 6.45) is 1.44. The highest BCUT2D eigenvalue weighted by Crippen LogP contribution is 2.15. The van der Waals surface area contributed by atoms with Crippen LogP contribution >= 0.6 is 0 Å². The van der Waals surface area contributed by atoms with Crippen LogP contribution in [-0.4, -0.2) is 60.7 Å². The molecule has 0 atom stereocenters. The van der Waals surface area contributed by atoms with E-state index in [-0.39, 0.29) is 11.4 Å². The lowest BCUT2D eigenvalue weighted by atomic mass is 10.3. The highest BCUT2D eigenvalue weighted by molar-refractivity contribution is 5.93. The quantitative estimate of drug-likeness (QED) is 0.769. The molecule has 104 valence electrons. The van der Waals surface area contributed by atoms with Gasteiger partial charge in [0.2, 0.25) is 5.95 Å². The summed E-state index contributed by atoms with van der Waals surface area (Å²) in [7, 11) is 2.08. The summed E-state index contributed by atoms with van der Waals surface area (Å²) in [5, 5.41) is 0. The van der Waals surface area contributed by atoms with Crippen molar-refractivity contribution in [1.29, 1.82) is 0 Å². The van der Waals surface area contributed by atoms with Crippen LogP contribution in [0.15, 0.2) is 6.20 Å². The largest absolute Gasteiger partial charge is 0.462 e. The predicted octanol–water partition coefficient (Wildman–Crippen LogP) is -0.0127.